The zero-order valence-electron chi connectivity index (χ0n) is 49.1. The van der Waals surface area contributed by atoms with Gasteiger partial charge < -0.3 is 80.9 Å². The van der Waals surface area contributed by atoms with Gasteiger partial charge in [-0.25, -0.2) is 4.79 Å². The van der Waals surface area contributed by atoms with Gasteiger partial charge in [-0.15, -0.1) is 0 Å². The number of carboxylic acids is 1. The van der Waals surface area contributed by atoms with Crippen molar-refractivity contribution in [2.75, 3.05) is 37.4 Å². The highest BCUT2D eigenvalue weighted by Gasteiger charge is 2.39. The van der Waals surface area contributed by atoms with Gasteiger partial charge in [0.15, 0.2) is 11.9 Å². The molecule has 1 fully saturated rings. The molecule has 2 heterocycles. The van der Waals surface area contributed by atoms with Gasteiger partial charge in [0.1, 0.15) is 48.3 Å². The van der Waals surface area contributed by atoms with E-state index in [1.165, 1.54) is 16.7 Å². The van der Waals surface area contributed by atoms with Crippen molar-refractivity contribution in [3.63, 3.8) is 0 Å². The number of carbonyl (C=O) groups excluding carboxylic acids is 8. The minimum atomic E-state index is -1.39. The molecule has 3 aromatic rings. The van der Waals surface area contributed by atoms with Crippen molar-refractivity contribution in [3.05, 3.63) is 71.9 Å². The zero-order chi connectivity index (χ0) is 62.8. The van der Waals surface area contributed by atoms with Gasteiger partial charge >= 0.3 is 5.97 Å². The first kappa shape index (κ1) is 69.9. The Hall–Kier alpha value is -7.59. The first-order valence-corrected chi connectivity index (χ1v) is 30.7. The minimum Gasteiger partial charge on any atom is -0.480 e. The highest BCUT2D eigenvalue weighted by Crippen LogP contribution is 2.22. The molecule has 0 saturated carbocycles. The van der Waals surface area contributed by atoms with Crippen LogP contribution in [0.2, 0.25) is 0 Å². The summed E-state index contributed by atoms with van der Waals surface area (Å²) in [4.78, 5) is 139. The van der Waals surface area contributed by atoms with Crippen LogP contribution in [0.3, 0.4) is 0 Å². The molecule has 2 aromatic carbocycles. The van der Waals surface area contributed by atoms with E-state index in [1.807, 2.05) is 44.4 Å². The number of thiol groups is 1. The molecule has 19 N–H and O–H groups in total. The Balaban J connectivity index is 1.65. The van der Waals surface area contributed by atoms with E-state index in [1.54, 1.807) is 50.4 Å². The quantitative estimate of drug-likeness (QED) is 0.0153. The molecule has 85 heavy (non-hydrogen) atoms. The van der Waals surface area contributed by atoms with E-state index in [0.717, 1.165) is 10.9 Å². The number of amides is 8. The number of aliphatic imine (C=N–C) groups is 2. The summed E-state index contributed by atoms with van der Waals surface area (Å²) in [7, 11) is 0. The molecule has 1 aliphatic rings. The Morgan fingerprint density at radius 1 is 0.647 bits per heavy atom. The van der Waals surface area contributed by atoms with E-state index in [-0.39, 0.29) is 101 Å². The lowest BCUT2D eigenvalue weighted by Crippen LogP contribution is -2.61. The Morgan fingerprint density at radius 2 is 1.14 bits per heavy atom. The summed E-state index contributed by atoms with van der Waals surface area (Å²) in [6.07, 6.45) is 5.32. The summed E-state index contributed by atoms with van der Waals surface area (Å²) in [6.45, 7) is 7.87. The first-order valence-electron chi connectivity index (χ1n) is 28.6. The maximum atomic E-state index is 15.0. The number of carbonyl (C=O) groups is 9. The maximum Gasteiger partial charge on any atom is 0.326 e. The van der Waals surface area contributed by atoms with E-state index < -0.39 is 108 Å². The van der Waals surface area contributed by atoms with Crippen LogP contribution in [0.1, 0.15) is 96.6 Å². The number of nitrogens with one attached hydrogen (secondary N) is 8. The van der Waals surface area contributed by atoms with Crippen LogP contribution in [0.5, 0.6) is 0 Å². The van der Waals surface area contributed by atoms with Crippen LogP contribution < -0.4 is 65.9 Å². The number of hydrogen-bond acceptors (Lipinski definition) is 14. The fraction of sp³-hybridized carbons (Fsp3) is 0.561. The molecule has 1 aliphatic heterocycles. The predicted molar refractivity (Wildman–Crippen MR) is 332 cm³/mol. The summed E-state index contributed by atoms with van der Waals surface area (Å²) in [5, 5.41) is 29.7. The molecule has 28 heteroatoms. The summed E-state index contributed by atoms with van der Waals surface area (Å²) < 4.78 is 0. The lowest BCUT2D eigenvalue weighted by Gasteiger charge is -2.29. The van der Waals surface area contributed by atoms with Gasteiger partial charge in [0.05, 0.1) is 6.04 Å². The number of nitrogens with zero attached hydrogens (tertiary/aromatic N) is 3. The zero-order valence-corrected chi connectivity index (χ0v) is 50.9. The summed E-state index contributed by atoms with van der Waals surface area (Å²) in [5.74, 6) is -7.18. The number of benzene rings is 2. The van der Waals surface area contributed by atoms with Gasteiger partial charge in [-0.3, -0.25) is 48.3 Å². The van der Waals surface area contributed by atoms with Gasteiger partial charge in [0, 0.05) is 55.3 Å². The summed E-state index contributed by atoms with van der Waals surface area (Å²) in [6, 6.07) is 5.24. The Bertz CT molecular complexity index is 2780. The van der Waals surface area contributed by atoms with Crippen molar-refractivity contribution in [3.8, 4) is 0 Å². The van der Waals surface area contributed by atoms with Crippen LogP contribution in [0.25, 0.3) is 10.9 Å². The number of nitrogens with two attached hydrogens (primary N) is 5. The third kappa shape index (κ3) is 23.4. The molecule has 1 aromatic heterocycles. The summed E-state index contributed by atoms with van der Waals surface area (Å²) >= 11 is 5.66. The smallest absolute Gasteiger partial charge is 0.326 e. The normalized spacial score (nSPS) is 15.9. The number of aromatic nitrogens is 1. The number of aliphatic carboxylic acids is 1. The fourth-order valence-electron chi connectivity index (χ4n) is 9.72. The van der Waals surface area contributed by atoms with Crippen molar-refractivity contribution in [1.29, 1.82) is 0 Å². The molecule has 4 rings (SSSR count). The van der Waals surface area contributed by atoms with Crippen LogP contribution in [0.15, 0.2) is 70.8 Å². The second-order valence-electron chi connectivity index (χ2n) is 21.9. The second kappa shape index (κ2) is 35.6. The van der Waals surface area contributed by atoms with E-state index in [0.29, 0.717) is 36.1 Å². The van der Waals surface area contributed by atoms with Crippen molar-refractivity contribution in [2.24, 2.45) is 50.5 Å². The first-order chi connectivity index (χ1) is 40.4. The van der Waals surface area contributed by atoms with E-state index in [9.17, 15) is 43.5 Å². The Kier molecular flexibility index (Phi) is 29.3. The molecular formula is C57H88N16O10S2. The van der Waals surface area contributed by atoms with Gasteiger partial charge in [0.25, 0.3) is 0 Å². The largest absolute Gasteiger partial charge is 0.480 e. The number of carboxylic acid groups (broad SMARTS) is 1. The molecule has 0 unspecified atom stereocenters. The van der Waals surface area contributed by atoms with E-state index in [4.69, 9.17) is 28.7 Å². The Morgan fingerprint density at radius 3 is 1.73 bits per heavy atom. The van der Waals surface area contributed by atoms with Crippen LogP contribution in [0.4, 0.5) is 0 Å². The number of guanidine groups is 2. The standard InChI is InChI=1S/C57H88N16O10S2/c1-32(2)26-41(49(76)72-45(31-84)52(79)71-44(55(82)83)27-33(3)4)68-48(75)40(21-25-85-5)66-50(77)42(28-34-14-7-6-8-15-34)69-51(78)43(29-35-30-65-38-18-10-9-16-36(35)38)70-47(74)39(19-12-23-64-57(61)62)67-53(80)46-20-13-24-73(46)54(81)37(58)17-11-22-63-56(59)60/h6-10,14-16,18,30,32-33,37,39-46,65,84H,11-13,17,19-29,31,58H2,1-5H3,(H,66,77)(H,67,80)(H,68,75)(H,69,78)(H,70,74)(H,71,79)(H,72,76)(H,82,83)(H4,59,60,63)(H4,61,62,64)/t37-,39-,40-,41-,42-,43-,44-,45-,46-/m0/s1. The van der Waals surface area contributed by atoms with Gasteiger partial charge in [-0.2, -0.15) is 24.4 Å². The number of aromatic amines is 1. The van der Waals surface area contributed by atoms with Gasteiger partial charge in [-0.1, -0.05) is 76.2 Å². The molecule has 9 atom stereocenters. The molecule has 0 radical (unpaired) electrons. The average molecular weight is 1220 g/mol. The molecule has 0 bridgehead atoms. The van der Waals surface area contributed by atoms with Gasteiger partial charge in [-0.05, 0) is 98.8 Å². The second-order valence-corrected chi connectivity index (χ2v) is 23.3. The predicted octanol–water partition coefficient (Wildman–Crippen LogP) is -0.368. The van der Waals surface area contributed by atoms with Crippen molar-refractivity contribution in [1.82, 2.24) is 47.1 Å². The van der Waals surface area contributed by atoms with Crippen molar-refractivity contribution in [2.45, 2.75) is 153 Å². The SMILES string of the molecule is CSCC[C@H](NC(=O)[C@H](Cc1ccccc1)NC(=O)[C@H](Cc1c[nH]c2ccccc12)NC(=O)[C@H](CCCN=C(N)N)NC(=O)[C@@H]1CCCN1C(=O)[C@@H](N)CCCN=C(N)N)C(=O)N[C@@H](CC(C)C)C(=O)N[C@@H](CS)C(=O)N[C@@H](CC(C)C)C(=O)O. The molecule has 26 nitrogen and oxygen atoms in total. The maximum absolute atomic E-state index is 15.0. The highest BCUT2D eigenvalue weighted by atomic mass is 32.2. The number of likely N-dealkylation sites (tertiary alicyclic amines) is 1. The number of hydrogen-bond donors (Lipinski definition) is 15. The van der Waals surface area contributed by atoms with Gasteiger partial charge in [0.2, 0.25) is 47.3 Å². The lowest BCUT2D eigenvalue weighted by molar-refractivity contribution is -0.142. The minimum absolute atomic E-state index is 0.00424. The van der Waals surface area contributed by atoms with Crippen molar-refractivity contribution < 1.29 is 48.3 Å². The van der Waals surface area contributed by atoms with Crippen LogP contribution >= 0.6 is 24.4 Å². The number of rotatable bonds is 36. The Labute approximate surface area is 506 Å². The monoisotopic (exact) mass is 1220 g/mol. The van der Waals surface area contributed by atoms with Crippen molar-refractivity contribution >= 4 is 100 Å². The highest BCUT2D eigenvalue weighted by molar-refractivity contribution is 7.98. The van der Waals surface area contributed by atoms with E-state index >= 15 is 4.79 Å². The molecule has 8 amide bonds. The lowest BCUT2D eigenvalue weighted by atomic mass is 10.0. The third-order valence-electron chi connectivity index (χ3n) is 14.1. The number of fused-ring (bicyclic) bond motifs is 1. The van der Waals surface area contributed by atoms with Crippen LogP contribution in [0, 0.1) is 11.8 Å². The average Bonchev–Trinajstić information content (AvgIpc) is 4.35. The van der Waals surface area contributed by atoms with Crippen LogP contribution in [-0.2, 0) is 56.0 Å². The topological polar surface area (TPSA) is 432 Å². The molecule has 1 saturated heterocycles. The number of thioether (sulfide) groups is 1. The number of para-hydroxylation sites is 1. The molecule has 468 valence electrons. The molecule has 0 spiro atoms. The van der Waals surface area contributed by atoms with E-state index in [2.05, 4.69) is 64.8 Å². The third-order valence-corrected chi connectivity index (χ3v) is 15.1. The molecular weight excluding hydrogens is 1130 g/mol. The molecule has 0 aliphatic carbocycles. The number of H-pyrrole nitrogens is 1. The fourth-order valence-corrected chi connectivity index (χ4v) is 10.4. The van der Waals surface area contributed by atoms with Crippen LogP contribution in [-0.4, -0.2) is 172 Å². The summed E-state index contributed by atoms with van der Waals surface area (Å²) in [5.41, 5.74) is 30.4.